The van der Waals surface area contributed by atoms with E-state index in [0.717, 1.165) is 28.3 Å². The summed E-state index contributed by atoms with van der Waals surface area (Å²) in [7, 11) is 0. The molecule has 0 saturated carbocycles. The molecule has 1 aromatic heterocycles. The van der Waals surface area contributed by atoms with Crippen LogP contribution in [0.5, 0.6) is 0 Å². The van der Waals surface area contributed by atoms with Crippen LogP contribution in [0.25, 0.3) is 5.69 Å². The number of anilines is 1. The van der Waals surface area contributed by atoms with E-state index in [1.54, 1.807) is 0 Å². The second kappa shape index (κ2) is 3.42. The minimum absolute atomic E-state index is 0.765. The summed E-state index contributed by atoms with van der Waals surface area (Å²) in [5.41, 5.74) is 11.0. The molecule has 15 heavy (non-hydrogen) atoms. The third-order valence-corrected chi connectivity index (χ3v) is 2.49. The molecule has 0 amide bonds. The first-order valence-corrected chi connectivity index (χ1v) is 4.98. The van der Waals surface area contributed by atoms with Gasteiger partial charge in [0.15, 0.2) is 0 Å². The highest BCUT2D eigenvalue weighted by Crippen LogP contribution is 2.22. The third-order valence-electron chi connectivity index (χ3n) is 2.49. The fraction of sp³-hybridized carbons (Fsp3) is 0.250. The lowest BCUT2D eigenvalue weighted by molar-refractivity contribution is 0.830. The number of benzene rings is 1. The largest absolute Gasteiger partial charge is 0.397 e. The van der Waals surface area contributed by atoms with Gasteiger partial charge in [0.25, 0.3) is 0 Å². The van der Waals surface area contributed by atoms with Crippen molar-refractivity contribution in [3.63, 3.8) is 0 Å². The molecule has 0 aliphatic heterocycles. The number of nitrogen functional groups attached to an aromatic ring is 1. The van der Waals surface area contributed by atoms with Crippen LogP contribution in [-0.2, 0) is 0 Å². The van der Waals surface area contributed by atoms with Gasteiger partial charge in [-0.2, -0.15) is 5.10 Å². The Labute approximate surface area is 89.5 Å². The van der Waals surface area contributed by atoms with Crippen molar-refractivity contribution in [2.45, 2.75) is 20.8 Å². The number of hydrogen-bond donors (Lipinski definition) is 1. The molecule has 0 atom stereocenters. The number of nitrogens with two attached hydrogens (primary N) is 1. The second-order valence-electron chi connectivity index (χ2n) is 3.85. The molecular weight excluding hydrogens is 186 g/mol. The molecule has 3 heteroatoms. The molecular formula is C12H15N3. The van der Waals surface area contributed by atoms with E-state index in [1.807, 2.05) is 49.7 Å². The summed E-state index contributed by atoms with van der Waals surface area (Å²) in [5, 5.41) is 4.44. The molecule has 2 N–H and O–H groups in total. The van der Waals surface area contributed by atoms with Crippen LogP contribution < -0.4 is 5.73 Å². The molecule has 0 radical (unpaired) electrons. The highest BCUT2D eigenvalue weighted by atomic mass is 15.3. The number of aryl methyl sites for hydroxylation is 3. The van der Waals surface area contributed by atoms with Crippen molar-refractivity contribution in [1.29, 1.82) is 0 Å². The number of rotatable bonds is 1. The van der Waals surface area contributed by atoms with Crippen LogP contribution >= 0.6 is 0 Å². The van der Waals surface area contributed by atoms with E-state index in [2.05, 4.69) is 5.10 Å². The van der Waals surface area contributed by atoms with Gasteiger partial charge in [-0.05, 0) is 38.5 Å². The molecule has 0 unspecified atom stereocenters. The summed E-state index contributed by atoms with van der Waals surface area (Å²) < 4.78 is 1.90. The lowest BCUT2D eigenvalue weighted by Gasteiger charge is -2.10. The number of nitrogens with zero attached hydrogens (tertiary/aromatic N) is 2. The summed E-state index contributed by atoms with van der Waals surface area (Å²) in [4.78, 5) is 0. The van der Waals surface area contributed by atoms with Crippen molar-refractivity contribution in [3.05, 3.63) is 41.2 Å². The summed E-state index contributed by atoms with van der Waals surface area (Å²) in [6.45, 7) is 6.06. The zero-order valence-electron chi connectivity index (χ0n) is 9.28. The van der Waals surface area contributed by atoms with Crippen LogP contribution in [-0.4, -0.2) is 9.78 Å². The quantitative estimate of drug-likeness (QED) is 0.720. The van der Waals surface area contributed by atoms with Crippen molar-refractivity contribution in [2.24, 2.45) is 0 Å². The van der Waals surface area contributed by atoms with E-state index in [4.69, 9.17) is 5.73 Å². The minimum Gasteiger partial charge on any atom is -0.397 e. The summed E-state index contributed by atoms with van der Waals surface area (Å²) >= 11 is 0. The Balaban J connectivity index is 2.68. The van der Waals surface area contributed by atoms with Crippen molar-refractivity contribution in [1.82, 2.24) is 9.78 Å². The molecule has 2 rings (SSSR count). The van der Waals surface area contributed by atoms with Gasteiger partial charge in [-0.25, -0.2) is 4.68 Å². The Kier molecular flexibility index (Phi) is 2.23. The summed E-state index contributed by atoms with van der Waals surface area (Å²) in [5.74, 6) is 0. The Morgan fingerprint density at radius 2 is 1.93 bits per heavy atom. The monoisotopic (exact) mass is 201 g/mol. The number of aromatic nitrogens is 2. The average molecular weight is 201 g/mol. The first-order valence-electron chi connectivity index (χ1n) is 4.98. The van der Waals surface area contributed by atoms with Gasteiger partial charge >= 0.3 is 0 Å². The van der Waals surface area contributed by atoms with Crippen LogP contribution in [0, 0.1) is 20.8 Å². The maximum Gasteiger partial charge on any atom is 0.0907 e. The van der Waals surface area contributed by atoms with E-state index in [-0.39, 0.29) is 0 Å². The first kappa shape index (κ1) is 9.77. The molecule has 0 spiro atoms. The number of hydrogen-bond acceptors (Lipinski definition) is 2. The minimum atomic E-state index is 0.765. The van der Waals surface area contributed by atoms with Gasteiger partial charge in [0, 0.05) is 5.69 Å². The Bertz CT molecular complexity index is 477. The van der Waals surface area contributed by atoms with Crippen molar-refractivity contribution >= 4 is 5.69 Å². The zero-order chi connectivity index (χ0) is 11.0. The topological polar surface area (TPSA) is 43.8 Å². The smallest absolute Gasteiger partial charge is 0.0907 e. The molecule has 0 fully saturated rings. The Hall–Kier alpha value is -1.77. The van der Waals surface area contributed by atoms with Crippen LogP contribution in [0.2, 0.25) is 0 Å². The molecule has 1 heterocycles. The van der Waals surface area contributed by atoms with Crippen LogP contribution in [0.15, 0.2) is 24.3 Å². The number of para-hydroxylation sites is 1. The van der Waals surface area contributed by atoms with Crippen LogP contribution in [0.3, 0.4) is 0 Å². The molecule has 1 aromatic carbocycles. The summed E-state index contributed by atoms with van der Waals surface area (Å²) in [6, 6.07) is 7.95. The predicted molar refractivity (Wildman–Crippen MR) is 62.2 cm³/mol. The average Bonchev–Trinajstić information content (AvgIpc) is 2.45. The van der Waals surface area contributed by atoms with Gasteiger partial charge in [0.1, 0.15) is 0 Å². The second-order valence-corrected chi connectivity index (χ2v) is 3.85. The first-order chi connectivity index (χ1) is 7.09. The molecule has 78 valence electrons. The standard InChI is InChI=1S/C12H15N3/c1-8-5-4-6-11(13)12(8)15-10(3)7-9(2)14-15/h4-7H,13H2,1-3H3. The molecule has 3 nitrogen and oxygen atoms in total. The van der Waals surface area contributed by atoms with Gasteiger partial charge in [-0.3, -0.25) is 0 Å². The highest BCUT2D eigenvalue weighted by Gasteiger charge is 2.09. The lowest BCUT2D eigenvalue weighted by Crippen LogP contribution is -2.05. The van der Waals surface area contributed by atoms with Crippen molar-refractivity contribution < 1.29 is 0 Å². The summed E-state index contributed by atoms with van der Waals surface area (Å²) in [6.07, 6.45) is 0. The lowest BCUT2D eigenvalue weighted by atomic mass is 10.1. The fourth-order valence-electron chi connectivity index (χ4n) is 1.83. The maximum atomic E-state index is 5.97. The van der Waals surface area contributed by atoms with Crippen LogP contribution in [0.1, 0.15) is 17.0 Å². The van der Waals surface area contributed by atoms with Gasteiger partial charge in [0.2, 0.25) is 0 Å². The molecule has 0 aliphatic rings. The van der Waals surface area contributed by atoms with Crippen molar-refractivity contribution in [3.8, 4) is 5.69 Å². The molecule has 0 bridgehead atoms. The zero-order valence-corrected chi connectivity index (χ0v) is 9.28. The van der Waals surface area contributed by atoms with Crippen LogP contribution in [0.4, 0.5) is 5.69 Å². The normalized spacial score (nSPS) is 10.6. The maximum absolute atomic E-state index is 5.97. The predicted octanol–water partition coefficient (Wildman–Crippen LogP) is 2.38. The molecule has 2 aromatic rings. The third kappa shape index (κ3) is 1.61. The van der Waals surface area contributed by atoms with Crippen molar-refractivity contribution in [2.75, 3.05) is 5.73 Å². The highest BCUT2D eigenvalue weighted by molar-refractivity contribution is 5.61. The SMILES string of the molecule is Cc1cc(C)n(-c2c(C)cccc2N)n1. The van der Waals surface area contributed by atoms with E-state index in [0.29, 0.717) is 0 Å². The van der Waals surface area contributed by atoms with Gasteiger partial charge in [-0.1, -0.05) is 12.1 Å². The van der Waals surface area contributed by atoms with Gasteiger partial charge in [-0.15, -0.1) is 0 Å². The Morgan fingerprint density at radius 1 is 1.20 bits per heavy atom. The van der Waals surface area contributed by atoms with Gasteiger partial charge < -0.3 is 5.73 Å². The van der Waals surface area contributed by atoms with E-state index >= 15 is 0 Å². The van der Waals surface area contributed by atoms with Gasteiger partial charge in [0.05, 0.1) is 17.1 Å². The van der Waals surface area contributed by atoms with E-state index < -0.39 is 0 Å². The van der Waals surface area contributed by atoms with E-state index in [1.165, 1.54) is 0 Å². The molecule has 0 aliphatic carbocycles. The fourth-order valence-corrected chi connectivity index (χ4v) is 1.83. The Morgan fingerprint density at radius 3 is 2.47 bits per heavy atom. The van der Waals surface area contributed by atoms with E-state index in [9.17, 15) is 0 Å². The molecule has 0 saturated heterocycles.